The SMILES string of the molecule is COCc1cc(C(C)(C)c2ccc(C(C)(C)c3cc(C(C)=O)c(O)c(C(C)=O)c3)cc2)cc(COC)c1O. The van der Waals surface area contributed by atoms with E-state index in [4.69, 9.17) is 9.47 Å². The Kier molecular flexibility index (Phi) is 8.49. The van der Waals surface area contributed by atoms with Crippen LogP contribution in [0, 0.1) is 0 Å². The normalized spacial score (nSPS) is 12.0. The Morgan fingerprint density at radius 3 is 1.29 bits per heavy atom. The number of ketones is 2. The predicted octanol–water partition coefficient (Wildman–Crippen LogP) is 6.45. The number of benzene rings is 3. The minimum atomic E-state index is -0.541. The summed E-state index contributed by atoms with van der Waals surface area (Å²) in [5.74, 6) is -0.672. The lowest BCUT2D eigenvalue weighted by Crippen LogP contribution is -2.22. The average molecular weight is 519 g/mol. The molecule has 0 atom stereocenters. The molecule has 0 radical (unpaired) electrons. The maximum atomic E-state index is 12.2. The quantitative estimate of drug-likeness (QED) is 0.300. The van der Waals surface area contributed by atoms with Gasteiger partial charge in [-0.1, -0.05) is 52.0 Å². The minimum absolute atomic E-state index is 0.143. The monoisotopic (exact) mass is 518 g/mol. The van der Waals surface area contributed by atoms with E-state index in [-0.39, 0.29) is 52.8 Å². The van der Waals surface area contributed by atoms with Crippen LogP contribution in [0.25, 0.3) is 0 Å². The van der Waals surface area contributed by atoms with Gasteiger partial charge in [-0.25, -0.2) is 0 Å². The van der Waals surface area contributed by atoms with Crippen molar-refractivity contribution in [1.29, 1.82) is 0 Å². The summed E-state index contributed by atoms with van der Waals surface area (Å²) in [5.41, 5.74) is 4.64. The van der Waals surface area contributed by atoms with Gasteiger partial charge in [-0.05, 0) is 60.4 Å². The first-order valence-electron chi connectivity index (χ1n) is 12.6. The topological polar surface area (TPSA) is 93.1 Å². The third kappa shape index (κ3) is 5.52. The van der Waals surface area contributed by atoms with Gasteiger partial charge in [0.15, 0.2) is 11.6 Å². The molecular weight excluding hydrogens is 480 g/mol. The van der Waals surface area contributed by atoms with E-state index in [2.05, 4.69) is 38.1 Å². The first kappa shape index (κ1) is 29.1. The molecule has 0 saturated heterocycles. The third-order valence-electron chi connectivity index (χ3n) is 7.51. The van der Waals surface area contributed by atoms with E-state index in [1.165, 1.54) is 13.8 Å². The van der Waals surface area contributed by atoms with E-state index < -0.39 is 5.41 Å². The van der Waals surface area contributed by atoms with Crippen LogP contribution < -0.4 is 0 Å². The van der Waals surface area contributed by atoms with Crippen molar-refractivity contribution in [2.75, 3.05) is 14.2 Å². The van der Waals surface area contributed by atoms with Gasteiger partial charge in [0.05, 0.1) is 24.3 Å². The average Bonchev–Trinajstić information content (AvgIpc) is 2.86. The summed E-state index contributed by atoms with van der Waals surface area (Å²) in [6, 6.07) is 15.6. The van der Waals surface area contributed by atoms with Gasteiger partial charge in [0.25, 0.3) is 0 Å². The zero-order valence-electron chi connectivity index (χ0n) is 23.6. The molecule has 6 heteroatoms. The lowest BCUT2D eigenvalue weighted by atomic mass is 9.73. The van der Waals surface area contributed by atoms with Gasteiger partial charge >= 0.3 is 0 Å². The Labute approximate surface area is 225 Å². The molecule has 0 aliphatic rings. The summed E-state index contributed by atoms with van der Waals surface area (Å²) < 4.78 is 10.6. The van der Waals surface area contributed by atoms with Crippen LogP contribution >= 0.6 is 0 Å². The lowest BCUT2D eigenvalue weighted by molar-refractivity contribution is 0.101. The van der Waals surface area contributed by atoms with Crippen molar-refractivity contribution < 1.29 is 29.3 Å². The predicted molar refractivity (Wildman–Crippen MR) is 148 cm³/mol. The molecule has 0 bridgehead atoms. The molecule has 0 aliphatic carbocycles. The van der Waals surface area contributed by atoms with Crippen molar-refractivity contribution in [3.8, 4) is 11.5 Å². The number of phenolic OH excluding ortho intramolecular Hbond substituents is 2. The standard InChI is InChI=1S/C32H38O6/c1-19(33)27-15-26(16-28(20(2)34)30(27)36)32(5,6)24-11-9-23(10-12-24)31(3,4)25-13-21(17-37-7)29(35)22(14-25)18-38-8/h9-16,35-36H,17-18H2,1-8H3. The zero-order valence-corrected chi connectivity index (χ0v) is 23.6. The van der Waals surface area contributed by atoms with Crippen molar-refractivity contribution in [2.45, 2.75) is 65.6 Å². The molecule has 38 heavy (non-hydrogen) atoms. The molecule has 0 aliphatic heterocycles. The van der Waals surface area contributed by atoms with Gasteiger partial charge in [-0.2, -0.15) is 0 Å². The first-order chi connectivity index (χ1) is 17.7. The second-order valence-electron chi connectivity index (χ2n) is 10.9. The van der Waals surface area contributed by atoms with Crippen LogP contribution in [0.2, 0.25) is 0 Å². The smallest absolute Gasteiger partial charge is 0.163 e. The number of phenols is 2. The minimum Gasteiger partial charge on any atom is -0.507 e. The number of Topliss-reactive ketones (excluding diaryl/α,β-unsaturated/α-hetero) is 2. The van der Waals surface area contributed by atoms with E-state index in [9.17, 15) is 19.8 Å². The molecule has 0 fully saturated rings. The van der Waals surface area contributed by atoms with Gasteiger partial charge in [0.2, 0.25) is 0 Å². The molecule has 0 unspecified atom stereocenters. The van der Waals surface area contributed by atoms with Crippen LogP contribution in [0.15, 0.2) is 48.5 Å². The fourth-order valence-electron chi connectivity index (χ4n) is 4.82. The van der Waals surface area contributed by atoms with Gasteiger partial charge < -0.3 is 19.7 Å². The summed E-state index contributed by atoms with van der Waals surface area (Å²) in [7, 11) is 3.20. The summed E-state index contributed by atoms with van der Waals surface area (Å²) >= 11 is 0. The van der Waals surface area contributed by atoms with Gasteiger partial charge in [-0.15, -0.1) is 0 Å². The number of ether oxygens (including phenoxy) is 2. The van der Waals surface area contributed by atoms with Crippen LogP contribution in [-0.2, 0) is 33.5 Å². The van der Waals surface area contributed by atoms with Crippen molar-refractivity contribution in [3.63, 3.8) is 0 Å². The Morgan fingerprint density at radius 2 is 0.974 bits per heavy atom. The highest BCUT2D eigenvalue weighted by molar-refractivity contribution is 6.04. The van der Waals surface area contributed by atoms with Crippen LogP contribution in [0.5, 0.6) is 11.5 Å². The molecule has 3 aromatic carbocycles. The van der Waals surface area contributed by atoms with Crippen molar-refractivity contribution in [3.05, 3.63) is 93.0 Å². The number of rotatable bonds is 10. The fourth-order valence-corrected chi connectivity index (χ4v) is 4.82. The molecule has 0 spiro atoms. The second kappa shape index (κ2) is 11.1. The molecule has 3 aromatic rings. The number of methoxy groups -OCH3 is 2. The lowest BCUT2D eigenvalue weighted by Gasteiger charge is -2.31. The Hall–Kier alpha value is -3.48. The highest BCUT2D eigenvalue weighted by atomic mass is 16.5. The number of carbonyl (C=O) groups is 2. The van der Waals surface area contributed by atoms with Crippen molar-refractivity contribution in [1.82, 2.24) is 0 Å². The zero-order chi connectivity index (χ0) is 28.4. The maximum absolute atomic E-state index is 12.2. The van der Waals surface area contributed by atoms with E-state index >= 15 is 0 Å². The molecular formula is C32H38O6. The van der Waals surface area contributed by atoms with Crippen LogP contribution in [0.1, 0.15) is 95.6 Å². The van der Waals surface area contributed by atoms with Crippen molar-refractivity contribution in [2.24, 2.45) is 0 Å². The summed E-state index contributed by atoms with van der Waals surface area (Å²) in [6.07, 6.45) is 0. The van der Waals surface area contributed by atoms with Gasteiger partial charge in [0.1, 0.15) is 11.5 Å². The van der Waals surface area contributed by atoms with Crippen molar-refractivity contribution >= 4 is 11.6 Å². The largest absolute Gasteiger partial charge is 0.507 e. The molecule has 2 N–H and O–H groups in total. The van der Waals surface area contributed by atoms with Crippen LogP contribution in [0.3, 0.4) is 0 Å². The molecule has 0 amide bonds. The maximum Gasteiger partial charge on any atom is 0.163 e. The number of aromatic hydroxyl groups is 2. The number of hydrogen-bond acceptors (Lipinski definition) is 6. The van der Waals surface area contributed by atoms with E-state index in [1.807, 2.05) is 26.0 Å². The molecule has 0 saturated carbocycles. The number of hydrogen-bond donors (Lipinski definition) is 2. The Bertz CT molecular complexity index is 1290. The second-order valence-corrected chi connectivity index (χ2v) is 10.9. The van der Waals surface area contributed by atoms with Crippen LogP contribution in [-0.4, -0.2) is 36.0 Å². The first-order valence-corrected chi connectivity index (χ1v) is 12.6. The highest BCUT2D eigenvalue weighted by Gasteiger charge is 2.30. The molecule has 3 rings (SSSR count). The Balaban J connectivity index is 2.06. The van der Waals surface area contributed by atoms with E-state index in [0.717, 1.165) is 22.3 Å². The van der Waals surface area contributed by atoms with E-state index in [1.54, 1.807) is 26.4 Å². The molecule has 6 nitrogen and oxygen atoms in total. The summed E-state index contributed by atoms with van der Waals surface area (Å²) in [4.78, 5) is 24.4. The molecule has 202 valence electrons. The summed E-state index contributed by atoms with van der Waals surface area (Å²) in [6.45, 7) is 11.7. The number of carbonyl (C=O) groups excluding carboxylic acids is 2. The molecule has 0 aromatic heterocycles. The summed E-state index contributed by atoms with van der Waals surface area (Å²) in [5, 5.41) is 21.1. The van der Waals surface area contributed by atoms with Gasteiger partial charge in [-0.3, -0.25) is 9.59 Å². The highest BCUT2D eigenvalue weighted by Crippen LogP contribution is 2.40. The van der Waals surface area contributed by atoms with Gasteiger partial charge in [0, 0.05) is 36.2 Å². The van der Waals surface area contributed by atoms with Crippen LogP contribution in [0.4, 0.5) is 0 Å². The Morgan fingerprint density at radius 1 is 0.632 bits per heavy atom. The third-order valence-corrected chi connectivity index (χ3v) is 7.51. The molecule has 0 heterocycles. The fraction of sp³-hybridized carbons (Fsp3) is 0.375. The van der Waals surface area contributed by atoms with E-state index in [0.29, 0.717) is 11.1 Å².